The maximum Gasteiger partial charge on any atom is 0.262 e. The summed E-state index contributed by atoms with van der Waals surface area (Å²) in [6.07, 6.45) is 0. The van der Waals surface area contributed by atoms with Gasteiger partial charge in [0.25, 0.3) is 10.0 Å². The van der Waals surface area contributed by atoms with Gasteiger partial charge < -0.3 is 4.74 Å². The minimum absolute atomic E-state index is 0.236. The zero-order chi connectivity index (χ0) is 16.3. The second kappa shape index (κ2) is 6.40. The average molecular weight is 319 g/mol. The molecule has 5 heteroatoms. The van der Waals surface area contributed by atoms with Crippen LogP contribution in [0.3, 0.4) is 0 Å². The van der Waals surface area contributed by atoms with Crippen molar-refractivity contribution in [2.75, 3.05) is 11.8 Å². The molecule has 0 aliphatic rings. The minimum atomic E-state index is -3.63. The van der Waals surface area contributed by atoms with E-state index in [1.807, 2.05) is 25.1 Å². The lowest BCUT2D eigenvalue weighted by Gasteiger charge is -2.13. The number of benzene rings is 2. The monoisotopic (exact) mass is 319 g/mol. The molecule has 0 aromatic heterocycles. The molecule has 2 rings (SSSR count). The Bertz CT molecular complexity index is 750. The first-order valence-electron chi connectivity index (χ1n) is 7.11. The second-order valence-electron chi connectivity index (χ2n) is 5.53. The molecule has 0 unspecified atom stereocenters. The molecule has 4 nitrogen and oxygen atoms in total. The first-order valence-corrected chi connectivity index (χ1v) is 8.59. The zero-order valence-electron chi connectivity index (χ0n) is 13.3. The van der Waals surface area contributed by atoms with Crippen molar-refractivity contribution in [3.05, 3.63) is 53.6 Å². The van der Waals surface area contributed by atoms with Crippen molar-refractivity contribution in [1.29, 1.82) is 0 Å². The van der Waals surface area contributed by atoms with E-state index in [0.29, 0.717) is 17.4 Å². The molecule has 118 valence electrons. The number of methoxy groups -OCH3 is 1. The van der Waals surface area contributed by atoms with E-state index in [1.54, 1.807) is 24.3 Å². The number of nitrogens with one attached hydrogen (secondary N) is 1. The Morgan fingerprint density at radius 2 is 1.68 bits per heavy atom. The molecule has 0 saturated carbocycles. The Hall–Kier alpha value is -2.01. The number of hydrogen-bond acceptors (Lipinski definition) is 3. The first kappa shape index (κ1) is 16.4. The Labute approximate surface area is 132 Å². The molecule has 1 N–H and O–H groups in total. The highest BCUT2D eigenvalue weighted by atomic mass is 32.2. The van der Waals surface area contributed by atoms with E-state index in [-0.39, 0.29) is 4.90 Å². The molecule has 22 heavy (non-hydrogen) atoms. The average Bonchev–Trinajstić information content (AvgIpc) is 2.49. The highest BCUT2D eigenvalue weighted by Crippen LogP contribution is 2.28. The normalized spacial score (nSPS) is 11.5. The third kappa shape index (κ3) is 3.60. The highest BCUT2D eigenvalue weighted by molar-refractivity contribution is 7.92. The van der Waals surface area contributed by atoms with E-state index in [2.05, 4.69) is 18.6 Å². The number of anilines is 1. The Morgan fingerprint density at radius 1 is 1.05 bits per heavy atom. The van der Waals surface area contributed by atoms with Crippen LogP contribution in [0.5, 0.6) is 5.75 Å². The van der Waals surface area contributed by atoms with Gasteiger partial charge in [0.05, 0.1) is 17.7 Å². The van der Waals surface area contributed by atoms with Gasteiger partial charge in [0.2, 0.25) is 0 Å². The van der Waals surface area contributed by atoms with Crippen molar-refractivity contribution >= 4 is 15.7 Å². The van der Waals surface area contributed by atoms with Crippen LogP contribution in [0, 0.1) is 6.92 Å². The Morgan fingerprint density at radius 3 is 2.23 bits per heavy atom. The van der Waals surface area contributed by atoms with Crippen molar-refractivity contribution in [2.45, 2.75) is 31.6 Å². The van der Waals surface area contributed by atoms with Crippen molar-refractivity contribution in [2.24, 2.45) is 0 Å². The lowest BCUT2D eigenvalue weighted by atomic mass is 10.0. The van der Waals surface area contributed by atoms with Crippen LogP contribution in [0.15, 0.2) is 47.4 Å². The third-order valence-corrected chi connectivity index (χ3v) is 4.84. The van der Waals surface area contributed by atoms with Crippen molar-refractivity contribution < 1.29 is 13.2 Å². The van der Waals surface area contributed by atoms with E-state index in [4.69, 9.17) is 4.74 Å². The summed E-state index contributed by atoms with van der Waals surface area (Å²) in [4.78, 5) is 0.236. The molecule has 0 radical (unpaired) electrons. The molecule has 2 aromatic carbocycles. The quantitative estimate of drug-likeness (QED) is 0.908. The van der Waals surface area contributed by atoms with Gasteiger partial charge in [-0.3, -0.25) is 4.72 Å². The molecule has 0 amide bonds. The topological polar surface area (TPSA) is 55.4 Å². The number of rotatable bonds is 5. The fourth-order valence-electron chi connectivity index (χ4n) is 2.12. The lowest BCUT2D eigenvalue weighted by Crippen LogP contribution is -2.13. The number of hydrogen-bond donors (Lipinski definition) is 1. The predicted octanol–water partition coefficient (Wildman–Crippen LogP) is 3.93. The van der Waals surface area contributed by atoms with E-state index in [1.165, 1.54) is 7.11 Å². The van der Waals surface area contributed by atoms with Crippen LogP contribution in [-0.2, 0) is 10.0 Å². The number of aryl methyl sites for hydroxylation is 1. The van der Waals surface area contributed by atoms with Crippen LogP contribution >= 0.6 is 0 Å². The summed E-state index contributed by atoms with van der Waals surface area (Å²) in [7, 11) is -2.11. The van der Waals surface area contributed by atoms with Crippen LogP contribution in [0.1, 0.15) is 30.9 Å². The molecule has 0 bridgehead atoms. The van der Waals surface area contributed by atoms with Gasteiger partial charge in [-0.15, -0.1) is 0 Å². The van der Waals surface area contributed by atoms with Gasteiger partial charge >= 0.3 is 0 Å². The Kier molecular flexibility index (Phi) is 4.76. The van der Waals surface area contributed by atoms with Crippen LogP contribution in [0.2, 0.25) is 0 Å². The van der Waals surface area contributed by atoms with Gasteiger partial charge in [-0.2, -0.15) is 0 Å². The SMILES string of the molecule is COc1cc(C)ccc1NS(=O)(=O)c1ccc(C(C)C)cc1. The van der Waals surface area contributed by atoms with Gasteiger partial charge in [-0.05, 0) is 48.2 Å². The number of sulfonamides is 1. The number of ether oxygens (including phenoxy) is 1. The third-order valence-electron chi connectivity index (χ3n) is 3.46. The second-order valence-corrected chi connectivity index (χ2v) is 7.22. The van der Waals surface area contributed by atoms with Crippen molar-refractivity contribution in [1.82, 2.24) is 0 Å². The van der Waals surface area contributed by atoms with Crippen molar-refractivity contribution in [3.8, 4) is 5.75 Å². The van der Waals surface area contributed by atoms with Crippen molar-refractivity contribution in [3.63, 3.8) is 0 Å². The molecule has 0 saturated heterocycles. The summed E-state index contributed by atoms with van der Waals surface area (Å²) < 4.78 is 32.7. The lowest BCUT2D eigenvalue weighted by molar-refractivity contribution is 0.416. The summed E-state index contributed by atoms with van der Waals surface area (Å²) in [5.74, 6) is 0.865. The van der Waals surface area contributed by atoms with Gasteiger partial charge in [-0.1, -0.05) is 32.0 Å². The van der Waals surface area contributed by atoms with E-state index < -0.39 is 10.0 Å². The fraction of sp³-hybridized carbons (Fsp3) is 0.294. The highest BCUT2D eigenvalue weighted by Gasteiger charge is 2.16. The van der Waals surface area contributed by atoms with Crippen LogP contribution in [0.25, 0.3) is 0 Å². The largest absolute Gasteiger partial charge is 0.495 e. The van der Waals surface area contributed by atoms with Crippen LogP contribution in [-0.4, -0.2) is 15.5 Å². The molecule has 0 aliphatic heterocycles. The summed E-state index contributed by atoms with van der Waals surface area (Å²) in [6, 6.07) is 12.3. The van der Waals surface area contributed by atoms with Gasteiger partial charge in [0.15, 0.2) is 0 Å². The summed E-state index contributed by atoms with van der Waals surface area (Å²) in [6.45, 7) is 6.06. The molecule has 0 spiro atoms. The predicted molar refractivity (Wildman–Crippen MR) is 89.1 cm³/mol. The summed E-state index contributed by atoms with van der Waals surface area (Å²) in [5.41, 5.74) is 2.54. The fourth-order valence-corrected chi connectivity index (χ4v) is 3.19. The van der Waals surface area contributed by atoms with Gasteiger partial charge in [0.1, 0.15) is 5.75 Å². The van der Waals surface area contributed by atoms with Gasteiger partial charge in [-0.25, -0.2) is 8.42 Å². The zero-order valence-corrected chi connectivity index (χ0v) is 14.1. The molecule has 0 atom stereocenters. The summed E-state index contributed by atoms with van der Waals surface area (Å²) in [5, 5.41) is 0. The van der Waals surface area contributed by atoms with E-state index >= 15 is 0 Å². The van der Waals surface area contributed by atoms with Crippen LogP contribution < -0.4 is 9.46 Å². The molecule has 2 aromatic rings. The Balaban J connectivity index is 2.31. The first-order chi connectivity index (χ1) is 10.3. The maximum absolute atomic E-state index is 12.5. The maximum atomic E-state index is 12.5. The minimum Gasteiger partial charge on any atom is -0.495 e. The van der Waals surface area contributed by atoms with Gasteiger partial charge in [0, 0.05) is 0 Å². The smallest absolute Gasteiger partial charge is 0.262 e. The molecular formula is C17H21NO3S. The summed E-state index contributed by atoms with van der Waals surface area (Å²) >= 11 is 0. The van der Waals surface area contributed by atoms with E-state index in [9.17, 15) is 8.42 Å². The van der Waals surface area contributed by atoms with Crippen LogP contribution in [0.4, 0.5) is 5.69 Å². The molecule has 0 heterocycles. The molecule has 0 aliphatic carbocycles. The van der Waals surface area contributed by atoms with E-state index in [0.717, 1.165) is 11.1 Å². The molecular weight excluding hydrogens is 298 g/mol. The standard InChI is InChI=1S/C17H21NO3S/c1-12(2)14-6-8-15(9-7-14)22(19,20)18-16-10-5-13(3)11-17(16)21-4/h5-12,18H,1-4H3. The molecule has 0 fully saturated rings.